The van der Waals surface area contributed by atoms with Crippen molar-refractivity contribution in [3.8, 4) is 11.1 Å². The highest BCUT2D eigenvalue weighted by Crippen LogP contribution is 2.30. The molecule has 0 unspecified atom stereocenters. The summed E-state index contributed by atoms with van der Waals surface area (Å²) in [5, 5.41) is 14.4. The summed E-state index contributed by atoms with van der Waals surface area (Å²) in [6.45, 7) is 3.69. The zero-order valence-electron chi connectivity index (χ0n) is 17.2. The first-order valence-electron chi connectivity index (χ1n) is 9.72. The fraction of sp³-hybridized carbons (Fsp3) is 0.273. The van der Waals surface area contributed by atoms with Crippen molar-refractivity contribution in [2.24, 2.45) is 5.92 Å². The number of hydrogen-bond donors (Lipinski definition) is 1. The van der Waals surface area contributed by atoms with Crippen LogP contribution in [0.4, 0.5) is 4.39 Å². The van der Waals surface area contributed by atoms with Gasteiger partial charge in [-0.15, -0.1) is 0 Å². The van der Waals surface area contributed by atoms with E-state index in [0.717, 1.165) is 5.56 Å². The summed E-state index contributed by atoms with van der Waals surface area (Å²) < 4.78 is 21.4. The van der Waals surface area contributed by atoms with Gasteiger partial charge in [0.1, 0.15) is 11.9 Å². The zero-order chi connectivity index (χ0) is 22.3. The topological polar surface area (TPSA) is 98.7 Å². The van der Waals surface area contributed by atoms with Gasteiger partial charge in [0.15, 0.2) is 5.65 Å². The number of aliphatic carboxylic acids is 1. The molecule has 0 bridgehead atoms. The molecule has 0 fully saturated rings. The number of carboxylic acids is 1. The molecule has 4 aromatic rings. The number of fused-ring (bicyclic) bond motifs is 3. The maximum atomic E-state index is 13.4. The van der Waals surface area contributed by atoms with Gasteiger partial charge in [0.2, 0.25) is 0 Å². The smallest absolute Gasteiger partial charge is 0.327 e. The van der Waals surface area contributed by atoms with Gasteiger partial charge >= 0.3 is 5.97 Å². The van der Waals surface area contributed by atoms with Crippen molar-refractivity contribution in [2.45, 2.75) is 26.5 Å². The number of rotatable bonds is 6. The van der Waals surface area contributed by atoms with Gasteiger partial charge in [-0.1, -0.05) is 26.0 Å². The highest BCUT2D eigenvalue weighted by Gasteiger charge is 2.26. The first-order chi connectivity index (χ1) is 14.8. The quantitative estimate of drug-likeness (QED) is 0.510. The Labute approximate surface area is 176 Å². The number of hydrogen-bond acceptors (Lipinski definition) is 5. The van der Waals surface area contributed by atoms with Crippen molar-refractivity contribution < 1.29 is 19.0 Å². The van der Waals surface area contributed by atoms with Crippen molar-refractivity contribution >= 4 is 22.5 Å². The van der Waals surface area contributed by atoms with E-state index in [1.165, 1.54) is 29.1 Å². The number of carbonyl (C=O) groups is 1. The molecular formula is C22H21FN4O4. The Morgan fingerprint density at radius 2 is 1.94 bits per heavy atom. The second kappa shape index (κ2) is 7.92. The fourth-order valence-corrected chi connectivity index (χ4v) is 3.82. The number of halogens is 1. The lowest BCUT2D eigenvalue weighted by Gasteiger charge is -2.19. The number of ether oxygens (including phenoxy) is 1. The zero-order valence-corrected chi connectivity index (χ0v) is 17.2. The van der Waals surface area contributed by atoms with Crippen LogP contribution in [0.1, 0.15) is 25.6 Å². The summed E-state index contributed by atoms with van der Waals surface area (Å²) in [6.07, 6.45) is 2.89. The Hall–Kier alpha value is -3.59. The Bertz CT molecular complexity index is 1340. The molecule has 0 aliphatic rings. The molecule has 1 N–H and O–H groups in total. The molecule has 4 rings (SSSR count). The third-order valence-corrected chi connectivity index (χ3v) is 5.21. The summed E-state index contributed by atoms with van der Waals surface area (Å²) in [6, 6.07) is 6.64. The van der Waals surface area contributed by atoms with E-state index in [9.17, 15) is 19.1 Å². The van der Waals surface area contributed by atoms with E-state index in [1.54, 1.807) is 43.7 Å². The average Bonchev–Trinajstić information content (AvgIpc) is 3.08. The van der Waals surface area contributed by atoms with E-state index < -0.39 is 17.6 Å². The molecule has 31 heavy (non-hydrogen) atoms. The van der Waals surface area contributed by atoms with Gasteiger partial charge in [0.05, 0.1) is 28.8 Å². The van der Waals surface area contributed by atoms with Crippen LogP contribution in [-0.4, -0.2) is 37.4 Å². The predicted molar refractivity (Wildman–Crippen MR) is 112 cm³/mol. The summed E-state index contributed by atoms with van der Waals surface area (Å²) in [5.74, 6) is -1.72. The summed E-state index contributed by atoms with van der Waals surface area (Å²) in [7, 11) is 1.54. The van der Waals surface area contributed by atoms with Gasteiger partial charge in [-0.05, 0) is 29.7 Å². The first kappa shape index (κ1) is 20.7. The number of aromatic nitrogens is 4. The van der Waals surface area contributed by atoms with Crippen molar-refractivity contribution in [3.63, 3.8) is 0 Å². The van der Waals surface area contributed by atoms with Crippen LogP contribution >= 0.6 is 0 Å². The molecule has 0 radical (unpaired) electrons. The second-order valence-corrected chi connectivity index (χ2v) is 7.61. The predicted octanol–water partition coefficient (Wildman–Crippen LogP) is 3.28. The number of methoxy groups -OCH3 is 1. The molecule has 0 saturated heterocycles. The van der Waals surface area contributed by atoms with Gasteiger partial charge < -0.3 is 14.4 Å². The van der Waals surface area contributed by atoms with Crippen LogP contribution in [0, 0.1) is 11.7 Å². The Kier molecular flexibility index (Phi) is 5.28. The van der Waals surface area contributed by atoms with Gasteiger partial charge in [0, 0.05) is 19.5 Å². The minimum absolute atomic E-state index is 0.197. The normalized spacial score (nSPS) is 12.7. The average molecular weight is 424 g/mol. The molecular weight excluding hydrogens is 403 g/mol. The lowest BCUT2D eigenvalue weighted by Crippen LogP contribution is -2.33. The van der Waals surface area contributed by atoms with Crippen molar-refractivity contribution in [3.05, 3.63) is 64.6 Å². The largest absolute Gasteiger partial charge is 0.480 e. The monoisotopic (exact) mass is 424 g/mol. The van der Waals surface area contributed by atoms with Crippen molar-refractivity contribution in [1.29, 1.82) is 0 Å². The standard InChI is InChI=1S/C22H21FN4O4/c1-12(2)19(22(29)30)26-9-8-17-15(21(26)28)10-24-20-18(13-4-6-14(23)7-5-13)16(11-31-3)25-27(17)20/h4-10,12,19H,11H2,1-3H3,(H,29,30)/t19-/m1/s1. The summed E-state index contributed by atoms with van der Waals surface area (Å²) in [5.41, 5.74) is 2.50. The Morgan fingerprint density at radius 1 is 1.23 bits per heavy atom. The number of carboxylic acid groups (broad SMARTS) is 1. The first-order valence-corrected chi connectivity index (χ1v) is 9.72. The van der Waals surface area contributed by atoms with Crippen LogP contribution in [-0.2, 0) is 16.1 Å². The lowest BCUT2D eigenvalue weighted by atomic mass is 10.0. The molecule has 0 aliphatic carbocycles. The Morgan fingerprint density at radius 3 is 2.55 bits per heavy atom. The summed E-state index contributed by atoms with van der Waals surface area (Å²) >= 11 is 0. The third kappa shape index (κ3) is 3.46. The number of nitrogens with zero attached hydrogens (tertiary/aromatic N) is 4. The van der Waals surface area contributed by atoms with Crippen LogP contribution in [0.15, 0.2) is 47.5 Å². The molecule has 0 saturated carbocycles. The van der Waals surface area contributed by atoms with Crippen molar-refractivity contribution in [1.82, 2.24) is 19.2 Å². The van der Waals surface area contributed by atoms with Crippen LogP contribution in [0.2, 0.25) is 0 Å². The molecule has 3 heterocycles. The van der Waals surface area contributed by atoms with Gasteiger partial charge in [0.25, 0.3) is 5.56 Å². The highest BCUT2D eigenvalue weighted by atomic mass is 19.1. The molecule has 0 amide bonds. The molecule has 8 nitrogen and oxygen atoms in total. The maximum absolute atomic E-state index is 13.4. The Balaban J connectivity index is 1.99. The van der Waals surface area contributed by atoms with Crippen LogP contribution in [0.3, 0.4) is 0 Å². The minimum Gasteiger partial charge on any atom is -0.480 e. The van der Waals surface area contributed by atoms with Gasteiger partial charge in [-0.25, -0.2) is 18.7 Å². The minimum atomic E-state index is -1.08. The molecule has 1 aromatic carbocycles. The molecule has 9 heteroatoms. The van der Waals surface area contributed by atoms with E-state index in [2.05, 4.69) is 10.1 Å². The number of pyridine rings is 1. The van der Waals surface area contributed by atoms with Crippen LogP contribution < -0.4 is 5.56 Å². The molecule has 0 aliphatic heterocycles. The third-order valence-electron chi connectivity index (χ3n) is 5.21. The highest BCUT2D eigenvalue weighted by molar-refractivity contribution is 5.86. The number of benzene rings is 1. The molecule has 0 spiro atoms. The van der Waals surface area contributed by atoms with Crippen LogP contribution in [0.25, 0.3) is 27.7 Å². The van der Waals surface area contributed by atoms with Crippen molar-refractivity contribution in [2.75, 3.05) is 7.11 Å². The van der Waals surface area contributed by atoms with Gasteiger partial charge in [-0.3, -0.25) is 4.79 Å². The van der Waals surface area contributed by atoms with E-state index in [4.69, 9.17) is 4.74 Å². The van der Waals surface area contributed by atoms with Gasteiger partial charge in [-0.2, -0.15) is 5.10 Å². The maximum Gasteiger partial charge on any atom is 0.327 e. The van der Waals surface area contributed by atoms with E-state index in [1.807, 2.05) is 0 Å². The lowest BCUT2D eigenvalue weighted by molar-refractivity contribution is -0.142. The second-order valence-electron chi connectivity index (χ2n) is 7.61. The molecule has 3 aromatic heterocycles. The summed E-state index contributed by atoms with van der Waals surface area (Å²) in [4.78, 5) is 29.3. The van der Waals surface area contributed by atoms with E-state index >= 15 is 0 Å². The molecule has 1 atom stereocenters. The van der Waals surface area contributed by atoms with E-state index in [0.29, 0.717) is 22.4 Å². The fourth-order valence-electron chi connectivity index (χ4n) is 3.82. The van der Waals surface area contributed by atoms with Crippen LogP contribution in [0.5, 0.6) is 0 Å². The van der Waals surface area contributed by atoms with E-state index in [-0.39, 0.29) is 23.7 Å². The molecule has 160 valence electrons. The SMILES string of the molecule is COCc1nn2c(ncc3c(=O)n([C@@H](C(=O)O)C(C)C)ccc32)c1-c1ccc(F)cc1.